The predicted octanol–water partition coefficient (Wildman–Crippen LogP) is 2.71. The molecule has 1 aromatic carbocycles. The van der Waals surface area contributed by atoms with Gasteiger partial charge in [0.05, 0.1) is 0 Å². The molecule has 0 bridgehead atoms. The Morgan fingerprint density at radius 3 is 2.92 bits per heavy atom. The van der Waals surface area contributed by atoms with E-state index in [2.05, 4.69) is 32.1 Å². The van der Waals surface area contributed by atoms with Crippen molar-refractivity contribution in [3.63, 3.8) is 0 Å². The molecule has 2 rings (SSSR count). The Bertz CT molecular complexity index is 337. The summed E-state index contributed by atoms with van der Waals surface area (Å²) in [6.07, 6.45) is 4.17. The van der Waals surface area contributed by atoms with Gasteiger partial charge in [0, 0.05) is 5.56 Å². The minimum Gasteiger partial charge on any atom is -0.489 e. The average Bonchev–Trinajstić information content (AvgIpc) is 2.04. The van der Waals surface area contributed by atoms with Crippen molar-refractivity contribution in [1.29, 1.82) is 0 Å². The minimum absolute atomic E-state index is 0.705. The third-order valence-electron chi connectivity index (χ3n) is 2.07. The molecule has 0 radical (unpaired) electrons. The lowest BCUT2D eigenvalue weighted by Gasteiger charge is -2.15. The summed E-state index contributed by atoms with van der Waals surface area (Å²) in [7, 11) is 0. The van der Waals surface area contributed by atoms with Crippen molar-refractivity contribution in [3.05, 3.63) is 34.9 Å². The summed E-state index contributed by atoms with van der Waals surface area (Å²) in [5.74, 6) is 1.04. The van der Waals surface area contributed by atoms with Crippen molar-refractivity contribution < 1.29 is 4.74 Å². The van der Waals surface area contributed by atoms with Crippen LogP contribution in [-0.4, -0.2) is 6.61 Å². The van der Waals surface area contributed by atoms with Gasteiger partial charge in [-0.3, -0.25) is 0 Å². The summed E-state index contributed by atoms with van der Waals surface area (Å²) in [6, 6.07) is 4.30. The molecule has 0 saturated heterocycles. The molecule has 0 unspecified atom stereocenters. The quantitative estimate of drug-likeness (QED) is 0.567. The Balaban J connectivity index is 2.62. The van der Waals surface area contributed by atoms with Crippen molar-refractivity contribution in [2.45, 2.75) is 13.8 Å². The van der Waals surface area contributed by atoms with Gasteiger partial charge >= 0.3 is 0 Å². The summed E-state index contributed by atoms with van der Waals surface area (Å²) in [5, 5.41) is 0. The van der Waals surface area contributed by atoms with Crippen LogP contribution in [0.3, 0.4) is 0 Å². The summed E-state index contributed by atoms with van der Waals surface area (Å²) >= 11 is 0. The molecule has 0 aromatic heterocycles. The molecular formula is C11H12O. The minimum atomic E-state index is 0.705. The lowest BCUT2D eigenvalue weighted by atomic mass is 10.0. The van der Waals surface area contributed by atoms with Crippen LogP contribution in [0, 0.1) is 13.8 Å². The molecule has 0 atom stereocenters. The lowest BCUT2D eigenvalue weighted by molar-refractivity contribution is 0.356. The van der Waals surface area contributed by atoms with E-state index in [1.807, 2.05) is 6.08 Å². The van der Waals surface area contributed by atoms with Gasteiger partial charge in [-0.1, -0.05) is 17.7 Å². The van der Waals surface area contributed by atoms with Crippen LogP contribution in [0.2, 0.25) is 0 Å². The number of fused-ring (bicyclic) bond motifs is 1. The van der Waals surface area contributed by atoms with Gasteiger partial charge in [0.2, 0.25) is 0 Å². The van der Waals surface area contributed by atoms with Crippen LogP contribution in [0.25, 0.3) is 6.08 Å². The van der Waals surface area contributed by atoms with Crippen LogP contribution in [0.1, 0.15) is 16.7 Å². The second kappa shape index (κ2) is 2.67. The highest BCUT2D eigenvalue weighted by Crippen LogP contribution is 2.28. The number of rotatable bonds is 0. The van der Waals surface area contributed by atoms with Crippen LogP contribution in [0.15, 0.2) is 18.2 Å². The zero-order valence-electron chi connectivity index (χ0n) is 7.42. The first-order chi connectivity index (χ1) is 5.77. The Morgan fingerprint density at radius 1 is 1.25 bits per heavy atom. The summed E-state index contributed by atoms with van der Waals surface area (Å²) in [5.41, 5.74) is 3.73. The molecule has 0 aliphatic carbocycles. The van der Waals surface area contributed by atoms with Crippen LogP contribution < -0.4 is 4.74 Å². The highest BCUT2D eigenvalue weighted by Gasteiger charge is 2.08. The smallest absolute Gasteiger partial charge is 0.129 e. The first kappa shape index (κ1) is 7.41. The zero-order chi connectivity index (χ0) is 8.55. The number of ether oxygens (including phenoxy) is 1. The van der Waals surface area contributed by atoms with Crippen LogP contribution >= 0.6 is 0 Å². The Labute approximate surface area is 72.7 Å². The molecule has 1 aliphatic rings. The van der Waals surface area contributed by atoms with Crippen molar-refractivity contribution >= 4 is 6.08 Å². The molecule has 0 amide bonds. The molecule has 1 aliphatic heterocycles. The van der Waals surface area contributed by atoms with Gasteiger partial charge in [-0.2, -0.15) is 0 Å². The van der Waals surface area contributed by atoms with E-state index in [1.54, 1.807) is 0 Å². The van der Waals surface area contributed by atoms with Crippen molar-refractivity contribution in [2.75, 3.05) is 6.61 Å². The number of hydrogen-bond acceptors (Lipinski definition) is 1. The van der Waals surface area contributed by atoms with Crippen molar-refractivity contribution in [2.24, 2.45) is 0 Å². The first-order valence-corrected chi connectivity index (χ1v) is 4.18. The second-order valence-electron chi connectivity index (χ2n) is 3.21. The maximum atomic E-state index is 5.52. The molecule has 0 spiro atoms. The van der Waals surface area contributed by atoms with E-state index in [9.17, 15) is 0 Å². The number of aryl methyl sites for hydroxylation is 2. The van der Waals surface area contributed by atoms with Gasteiger partial charge in [-0.05, 0) is 31.6 Å². The normalized spacial score (nSPS) is 13.8. The summed E-state index contributed by atoms with van der Waals surface area (Å²) < 4.78 is 5.52. The Hall–Kier alpha value is -1.24. The van der Waals surface area contributed by atoms with E-state index in [4.69, 9.17) is 4.74 Å². The van der Waals surface area contributed by atoms with E-state index in [-0.39, 0.29) is 0 Å². The number of hydrogen-bond donors (Lipinski definition) is 0. The van der Waals surface area contributed by atoms with E-state index >= 15 is 0 Å². The zero-order valence-corrected chi connectivity index (χ0v) is 7.42. The number of benzene rings is 1. The molecule has 0 N–H and O–H groups in total. The van der Waals surface area contributed by atoms with Gasteiger partial charge in [0.25, 0.3) is 0 Å². The third kappa shape index (κ3) is 1.11. The molecule has 1 nitrogen and oxygen atoms in total. The molecule has 0 fully saturated rings. The molecule has 62 valence electrons. The van der Waals surface area contributed by atoms with E-state index in [0.717, 1.165) is 5.75 Å². The van der Waals surface area contributed by atoms with Crippen molar-refractivity contribution in [1.82, 2.24) is 0 Å². The van der Waals surface area contributed by atoms with Crippen molar-refractivity contribution in [3.8, 4) is 5.75 Å². The van der Waals surface area contributed by atoms with E-state index in [1.165, 1.54) is 16.7 Å². The van der Waals surface area contributed by atoms with Crippen LogP contribution in [0.4, 0.5) is 0 Å². The summed E-state index contributed by atoms with van der Waals surface area (Å²) in [6.45, 7) is 4.90. The molecule has 0 saturated carbocycles. The van der Waals surface area contributed by atoms with Gasteiger partial charge < -0.3 is 4.74 Å². The monoisotopic (exact) mass is 160 g/mol. The van der Waals surface area contributed by atoms with Crippen LogP contribution in [0.5, 0.6) is 5.75 Å². The van der Waals surface area contributed by atoms with Gasteiger partial charge in [-0.25, -0.2) is 0 Å². The van der Waals surface area contributed by atoms with Crippen LogP contribution in [-0.2, 0) is 0 Å². The maximum absolute atomic E-state index is 5.52. The Kier molecular flexibility index (Phi) is 1.65. The largest absolute Gasteiger partial charge is 0.489 e. The molecule has 1 aromatic rings. The van der Waals surface area contributed by atoms with Gasteiger partial charge in [-0.15, -0.1) is 0 Å². The maximum Gasteiger partial charge on any atom is 0.129 e. The summed E-state index contributed by atoms with van der Waals surface area (Å²) in [4.78, 5) is 0. The second-order valence-corrected chi connectivity index (χ2v) is 3.21. The third-order valence-corrected chi connectivity index (χ3v) is 2.07. The average molecular weight is 160 g/mol. The van der Waals surface area contributed by atoms with E-state index in [0.29, 0.717) is 6.61 Å². The molecule has 12 heavy (non-hydrogen) atoms. The predicted molar refractivity (Wildman–Crippen MR) is 50.4 cm³/mol. The highest BCUT2D eigenvalue weighted by molar-refractivity contribution is 5.62. The molecular weight excluding hydrogens is 148 g/mol. The fraction of sp³-hybridized carbons (Fsp3) is 0.273. The topological polar surface area (TPSA) is 9.23 Å². The first-order valence-electron chi connectivity index (χ1n) is 4.18. The fourth-order valence-electron chi connectivity index (χ4n) is 1.61. The van der Waals surface area contributed by atoms with E-state index < -0.39 is 0 Å². The SMILES string of the molecule is Cc1cc(C)c2c(c1)C=CCO2. The van der Waals surface area contributed by atoms with Gasteiger partial charge in [0.1, 0.15) is 12.4 Å². The standard InChI is InChI=1S/C11H12O/c1-8-6-9(2)11-10(7-8)4-3-5-12-11/h3-4,6-7H,5H2,1-2H3. The molecule has 1 heterocycles. The lowest BCUT2D eigenvalue weighted by Crippen LogP contribution is -2.02. The fourth-order valence-corrected chi connectivity index (χ4v) is 1.61. The molecule has 1 heteroatoms. The Morgan fingerprint density at radius 2 is 2.08 bits per heavy atom. The highest BCUT2D eigenvalue weighted by atomic mass is 16.5. The van der Waals surface area contributed by atoms with Gasteiger partial charge in [0.15, 0.2) is 0 Å².